The summed E-state index contributed by atoms with van der Waals surface area (Å²) in [6.07, 6.45) is -0.721. The van der Waals surface area contributed by atoms with Gasteiger partial charge < -0.3 is 15.2 Å². The largest absolute Gasteiger partial charge is 0.491 e. The van der Waals surface area contributed by atoms with E-state index < -0.39 is 16.2 Å². The highest BCUT2D eigenvalue weighted by atomic mass is 32.2. The highest BCUT2D eigenvalue weighted by molar-refractivity contribution is 7.85. The molecule has 2 aromatic carbocycles. The molecule has 0 aromatic heterocycles. The first-order valence-corrected chi connectivity index (χ1v) is 8.06. The first-order valence-electron chi connectivity index (χ1n) is 6.62. The first kappa shape index (κ1) is 16.3. The number of ether oxygens (including phenoxy) is 1. The Balaban J connectivity index is 1.80. The van der Waals surface area contributed by atoms with Crippen LogP contribution in [0.3, 0.4) is 0 Å². The Morgan fingerprint density at radius 1 is 1.05 bits per heavy atom. The Labute approximate surface area is 129 Å². The van der Waals surface area contributed by atoms with E-state index in [4.69, 9.17) is 9.29 Å². The second-order valence-electron chi connectivity index (χ2n) is 4.66. The SMILES string of the molecule is O=S(=O)(O)c1ccc(NC[C@H](O)COc2ccccc2)cc1. The zero-order valence-corrected chi connectivity index (χ0v) is 12.5. The summed E-state index contributed by atoms with van der Waals surface area (Å²) in [6.45, 7) is 0.387. The monoisotopic (exact) mass is 323 g/mol. The number of hydrogen-bond acceptors (Lipinski definition) is 5. The molecule has 22 heavy (non-hydrogen) atoms. The molecule has 0 amide bonds. The van der Waals surface area contributed by atoms with Crippen LogP contribution in [0.4, 0.5) is 5.69 Å². The highest BCUT2D eigenvalue weighted by Crippen LogP contribution is 2.14. The number of rotatable bonds is 7. The van der Waals surface area contributed by atoms with Crippen LogP contribution >= 0.6 is 0 Å². The molecule has 1 atom stereocenters. The van der Waals surface area contributed by atoms with Gasteiger partial charge in [-0.2, -0.15) is 8.42 Å². The van der Waals surface area contributed by atoms with Crippen molar-refractivity contribution in [1.29, 1.82) is 0 Å². The van der Waals surface area contributed by atoms with E-state index in [0.717, 1.165) is 0 Å². The van der Waals surface area contributed by atoms with Gasteiger partial charge in [0.1, 0.15) is 18.5 Å². The van der Waals surface area contributed by atoms with Crippen molar-refractivity contribution in [2.75, 3.05) is 18.5 Å². The van der Waals surface area contributed by atoms with Crippen LogP contribution in [-0.2, 0) is 10.1 Å². The maximum atomic E-state index is 10.9. The molecule has 0 aliphatic rings. The molecule has 118 valence electrons. The van der Waals surface area contributed by atoms with E-state index in [1.807, 2.05) is 18.2 Å². The fraction of sp³-hybridized carbons (Fsp3) is 0.200. The number of anilines is 1. The third kappa shape index (κ3) is 5.03. The van der Waals surface area contributed by atoms with Crippen molar-refractivity contribution >= 4 is 15.8 Å². The van der Waals surface area contributed by atoms with Crippen molar-refractivity contribution < 1.29 is 22.8 Å². The second kappa shape index (κ2) is 7.26. The minimum absolute atomic E-state index is 0.139. The molecule has 7 heteroatoms. The number of aliphatic hydroxyl groups excluding tert-OH is 1. The molecule has 0 radical (unpaired) electrons. The minimum Gasteiger partial charge on any atom is -0.491 e. The Morgan fingerprint density at radius 3 is 2.27 bits per heavy atom. The molecule has 0 saturated carbocycles. The molecule has 0 fully saturated rings. The normalized spacial score (nSPS) is 12.6. The topological polar surface area (TPSA) is 95.9 Å². The summed E-state index contributed by atoms with van der Waals surface area (Å²) in [5.41, 5.74) is 0.631. The molecule has 0 aliphatic heterocycles. The fourth-order valence-corrected chi connectivity index (χ4v) is 2.23. The van der Waals surface area contributed by atoms with Crippen LogP contribution in [0.1, 0.15) is 0 Å². The van der Waals surface area contributed by atoms with E-state index in [0.29, 0.717) is 11.4 Å². The van der Waals surface area contributed by atoms with Gasteiger partial charge in [0.25, 0.3) is 10.1 Å². The highest BCUT2D eigenvalue weighted by Gasteiger charge is 2.09. The van der Waals surface area contributed by atoms with Gasteiger partial charge in [0, 0.05) is 12.2 Å². The number of nitrogens with one attached hydrogen (secondary N) is 1. The summed E-state index contributed by atoms with van der Waals surface area (Å²) >= 11 is 0. The lowest BCUT2D eigenvalue weighted by molar-refractivity contribution is 0.117. The fourth-order valence-electron chi connectivity index (χ4n) is 1.75. The average molecular weight is 323 g/mol. The molecule has 0 aliphatic carbocycles. The molecule has 6 nitrogen and oxygen atoms in total. The Bertz CT molecular complexity index is 686. The van der Waals surface area contributed by atoms with E-state index in [9.17, 15) is 13.5 Å². The van der Waals surface area contributed by atoms with Crippen LogP contribution in [0.5, 0.6) is 5.75 Å². The lowest BCUT2D eigenvalue weighted by atomic mass is 10.3. The summed E-state index contributed by atoms with van der Waals surface area (Å²) < 4.78 is 36.1. The van der Waals surface area contributed by atoms with Crippen molar-refractivity contribution in [1.82, 2.24) is 0 Å². The van der Waals surface area contributed by atoms with Crippen LogP contribution in [0.25, 0.3) is 0 Å². The van der Waals surface area contributed by atoms with Crippen LogP contribution < -0.4 is 10.1 Å². The molecular formula is C15H17NO5S. The third-order valence-electron chi connectivity index (χ3n) is 2.88. The van der Waals surface area contributed by atoms with Gasteiger partial charge in [-0.05, 0) is 36.4 Å². The van der Waals surface area contributed by atoms with E-state index in [1.54, 1.807) is 12.1 Å². The first-order chi connectivity index (χ1) is 10.4. The zero-order valence-electron chi connectivity index (χ0n) is 11.7. The van der Waals surface area contributed by atoms with Gasteiger partial charge in [0.2, 0.25) is 0 Å². The predicted octanol–water partition coefficient (Wildman–Crippen LogP) is 1.79. The van der Waals surface area contributed by atoms with Gasteiger partial charge >= 0.3 is 0 Å². The molecule has 0 unspecified atom stereocenters. The summed E-state index contributed by atoms with van der Waals surface area (Å²) in [7, 11) is -4.19. The molecule has 3 N–H and O–H groups in total. The number of hydrogen-bond donors (Lipinski definition) is 3. The van der Waals surface area contributed by atoms with E-state index >= 15 is 0 Å². The lowest BCUT2D eigenvalue weighted by Gasteiger charge is -2.14. The summed E-state index contributed by atoms with van der Waals surface area (Å²) in [5.74, 6) is 0.680. The molecule has 0 spiro atoms. The van der Waals surface area contributed by atoms with Crippen LogP contribution in [0.2, 0.25) is 0 Å². The standard InChI is InChI=1S/C15H17NO5S/c17-13(11-21-14-4-2-1-3-5-14)10-16-12-6-8-15(9-7-12)22(18,19)20/h1-9,13,16-17H,10-11H2,(H,18,19,20)/t13-/m0/s1. The van der Waals surface area contributed by atoms with Crippen molar-refractivity contribution in [2.24, 2.45) is 0 Å². The molecule has 0 saturated heterocycles. The molecule has 0 bridgehead atoms. The molecular weight excluding hydrogens is 306 g/mol. The Morgan fingerprint density at radius 2 is 1.68 bits per heavy atom. The summed E-state index contributed by atoms with van der Waals surface area (Å²) in [5, 5.41) is 12.8. The van der Waals surface area contributed by atoms with E-state index in [-0.39, 0.29) is 18.0 Å². The molecule has 2 aromatic rings. The van der Waals surface area contributed by atoms with Crippen molar-refractivity contribution in [2.45, 2.75) is 11.0 Å². The summed E-state index contributed by atoms with van der Waals surface area (Å²) in [6, 6.07) is 14.7. The van der Waals surface area contributed by atoms with Crippen molar-refractivity contribution in [3.05, 3.63) is 54.6 Å². The second-order valence-corrected chi connectivity index (χ2v) is 6.08. The average Bonchev–Trinajstić information content (AvgIpc) is 2.51. The Kier molecular flexibility index (Phi) is 5.37. The predicted molar refractivity (Wildman–Crippen MR) is 82.7 cm³/mol. The quantitative estimate of drug-likeness (QED) is 0.672. The number of aliphatic hydroxyl groups is 1. The maximum absolute atomic E-state index is 10.9. The molecule has 0 heterocycles. The van der Waals surface area contributed by atoms with E-state index in [1.165, 1.54) is 24.3 Å². The van der Waals surface area contributed by atoms with Gasteiger partial charge in [0.15, 0.2) is 0 Å². The number of benzene rings is 2. The van der Waals surface area contributed by atoms with Crippen LogP contribution in [-0.4, -0.2) is 37.3 Å². The van der Waals surface area contributed by atoms with Crippen LogP contribution in [0.15, 0.2) is 59.5 Å². The zero-order chi connectivity index (χ0) is 16.0. The lowest BCUT2D eigenvalue weighted by Crippen LogP contribution is -2.26. The van der Waals surface area contributed by atoms with Crippen molar-refractivity contribution in [3.63, 3.8) is 0 Å². The molecule has 2 rings (SSSR count). The Hall–Kier alpha value is -2.09. The van der Waals surface area contributed by atoms with Gasteiger partial charge in [-0.3, -0.25) is 4.55 Å². The van der Waals surface area contributed by atoms with Crippen LogP contribution in [0, 0.1) is 0 Å². The van der Waals surface area contributed by atoms with Gasteiger partial charge in [-0.25, -0.2) is 0 Å². The van der Waals surface area contributed by atoms with Gasteiger partial charge in [0.05, 0.1) is 4.90 Å². The van der Waals surface area contributed by atoms with Gasteiger partial charge in [-0.1, -0.05) is 18.2 Å². The van der Waals surface area contributed by atoms with Gasteiger partial charge in [-0.15, -0.1) is 0 Å². The van der Waals surface area contributed by atoms with E-state index in [2.05, 4.69) is 5.32 Å². The maximum Gasteiger partial charge on any atom is 0.294 e. The smallest absolute Gasteiger partial charge is 0.294 e. The summed E-state index contributed by atoms with van der Waals surface area (Å²) in [4.78, 5) is -0.175. The van der Waals surface area contributed by atoms with Crippen molar-refractivity contribution in [3.8, 4) is 5.75 Å². The number of para-hydroxylation sites is 1. The minimum atomic E-state index is -4.19. The third-order valence-corrected chi connectivity index (χ3v) is 3.75.